The predicted molar refractivity (Wildman–Crippen MR) is 116 cm³/mol. The van der Waals surface area contributed by atoms with Crippen molar-refractivity contribution in [3.63, 3.8) is 0 Å². The molecule has 0 aliphatic carbocycles. The summed E-state index contributed by atoms with van der Waals surface area (Å²) in [5.74, 6) is 0.216. The number of amides is 1. The van der Waals surface area contributed by atoms with Crippen molar-refractivity contribution in [2.75, 3.05) is 5.32 Å². The molecule has 5 aromatic rings. The Morgan fingerprint density at radius 3 is 2.73 bits per heavy atom. The topological polar surface area (TPSA) is 121 Å². The lowest BCUT2D eigenvalue weighted by Crippen LogP contribution is -2.18. The standard InChI is InChI=1S/C20H14BrN7O2/c1-10-9-28-17(20(30)22-10)16(26-27-28)19(29)23-13-5-2-11(3-6-13)18-24-14-7-4-12(21)8-15(14)25-18/h2-9H,1H3,(H,22,30)(H,23,29)(H,24,25). The SMILES string of the molecule is Cc1cn2nnc(C(=O)Nc3ccc(-c4nc5ccc(Br)cc5[nH]4)cc3)c2c(=O)[nH]1. The second-order valence-electron chi connectivity index (χ2n) is 6.78. The molecule has 3 aromatic heterocycles. The van der Waals surface area contributed by atoms with Crippen molar-refractivity contribution in [3.05, 3.63) is 74.9 Å². The third kappa shape index (κ3) is 3.16. The number of hydrogen-bond donors (Lipinski definition) is 3. The van der Waals surface area contributed by atoms with Gasteiger partial charge in [-0.3, -0.25) is 9.59 Å². The number of fused-ring (bicyclic) bond motifs is 2. The Labute approximate surface area is 177 Å². The molecule has 2 aromatic carbocycles. The van der Waals surface area contributed by atoms with Gasteiger partial charge in [-0.25, -0.2) is 9.50 Å². The number of hydrogen-bond acceptors (Lipinski definition) is 5. The molecule has 0 bridgehead atoms. The highest BCUT2D eigenvalue weighted by Crippen LogP contribution is 2.24. The van der Waals surface area contributed by atoms with E-state index < -0.39 is 11.5 Å². The number of carbonyl (C=O) groups is 1. The van der Waals surface area contributed by atoms with Gasteiger partial charge < -0.3 is 15.3 Å². The van der Waals surface area contributed by atoms with E-state index >= 15 is 0 Å². The van der Waals surface area contributed by atoms with E-state index in [-0.39, 0.29) is 11.2 Å². The summed E-state index contributed by atoms with van der Waals surface area (Å²) < 4.78 is 2.27. The first-order valence-electron chi connectivity index (χ1n) is 9.00. The van der Waals surface area contributed by atoms with Crippen molar-refractivity contribution < 1.29 is 4.79 Å². The molecule has 0 radical (unpaired) electrons. The second kappa shape index (κ2) is 6.92. The lowest BCUT2D eigenvalue weighted by molar-refractivity contribution is 0.102. The van der Waals surface area contributed by atoms with Crippen LogP contribution in [0.4, 0.5) is 5.69 Å². The van der Waals surface area contributed by atoms with Crippen LogP contribution in [0.3, 0.4) is 0 Å². The molecule has 0 saturated carbocycles. The molecule has 3 heterocycles. The average molecular weight is 464 g/mol. The molecule has 5 rings (SSSR count). The number of aromatic nitrogens is 6. The van der Waals surface area contributed by atoms with Crippen LogP contribution in [0.15, 0.2) is 57.9 Å². The fourth-order valence-electron chi connectivity index (χ4n) is 3.22. The zero-order valence-electron chi connectivity index (χ0n) is 15.6. The van der Waals surface area contributed by atoms with Crippen LogP contribution in [0.25, 0.3) is 27.9 Å². The molecule has 0 aliphatic heterocycles. The highest BCUT2D eigenvalue weighted by Gasteiger charge is 2.18. The van der Waals surface area contributed by atoms with Crippen molar-refractivity contribution in [3.8, 4) is 11.4 Å². The van der Waals surface area contributed by atoms with E-state index in [2.05, 4.69) is 46.5 Å². The molecule has 0 spiro atoms. The molecular formula is C20H14BrN7O2. The van der Waals surface area contributed by atoms with Crippen LogP contribution >= 0.6 is 15.9 Å². The summed E-state index contributed by atoms with van der Waals surface area (Å²) in [6.07, 6.45) is 1.60. The number of nitrogens with zero attached hydrogens (tertiary/aromatic N) is 4. The summed E-state index contributed by atoms with van der Waals surface area (Å²) in [5.41, 5.74) is 3.50. The number of benzene rings is 2. The molecule has 9 nitrogen and oxygen atoms in total. The number of nitrogens with one attached hydrogen (secondary N) is 3. The Kier molecular flexibility index (Phi) is 4.21. The number of anilines is 1. The van der Waals surface area contributed by atoms with E-state index in [0.29, 0.717) is 11.4 Å². The predicted octanol–water partition coefficient (Wildman–Crippen LogP) is 3.28. The second-order valence-corrected chi connectivity index (χ2v) is 7.69. The highest BCUT2D eigenvalue weighted by molar-refractivity contribution is 9.10. The molecule has 148 valence electrons. The molecule has 0 atom stereocenters. The van der Waals surface area contributed by atoms with Gasteiger partial charge in [0, 0.05) is 21.4 Å². The Bertz CT molecular complexity index is 1480. The Hall–Kier alpha value is -3.79. The van der Waals surface area contributed by atoms with Crippen LogP contribution in [0.5, 0.6) is 0 Å². The molecule has 1 amide bonds. The van der Waals surface area contributed by atoms with Crippen molar-refractivity contribution in [2.24, 2.45) is 0 Å². The quantitative estimate of drug-likeness (QED) is 0.379. The van der Waals surface area contributed by atoms with Gasteiger partial charge in [0.05, 0.1) is 17.2 Å². The molecule has 30 heavy (non-hydrogen) atoms. The van der Waals surface area contributed by atoms with Gasteiger partial charge in [0.25, 0.3) is 11.5 Å². The normalized spacial score (nSPS) is 11.3. The smallest absolute Gasteiger partial charge is 0.278 e. The van der Waals surface area contributed by atoms with Crippen molar-refractivity contribution >= 4 is 44.1 Å². The zero-order chi connectivity index (χ0) is 20.8. The third-order valence-electron chi connectivity index (χ3n) is 4.61. The van der Waals surface area contributed by atoms with Crippen LogP contribution in [0.2, 0.25) is 0 Å². The van der Waals surface area contributed by atoms with Gasteiger partial charge in [0.1, 0.15) is 5.82 Å². The maximum Gasteiger partial charge on any atom is 0.278 e. The number of H-pyrrole nitrogens is 2. The van der Waals surface area contributed by atoms with Crippen LogP contribution in [-0.2, 0) is 0 Å². The number of halogens is 1. The minimum Gasteiger partial charge on any atom is -0.338 e. The molecule has 3 N–H and O–H groups in total. The fourth-order valence-corrected chi connectivity index (χ4v) is 3.58. The van der Waals surface area contributed by atoms with Gasteiger partial charge in [-0.1, -0.05) is 21.1 Å². The fraction of sp³-hybridized carbons (Fsp3) is 0.0500. The Morgan fingerprint density at radius 2 is 1.93 bits per heavy atom. The van der Waals surface area contributed by atoms with Crippen molar-refractivity contribution in [1.29, 1.82) is 0 Å². The lowest BCUT2D eigenvalue weighted by Gasteiger charge is -2.04. The lowest BCUT2D eigenvalue weighted by atomic mass is 10.2. The molecule has 0 fully saturated rings. The van der Waals surface area contributed by atoms with Gasteiger partial charge in [-0.05, 0) is 49.4 Å². The summed E-state index contributed by atoms with van der Waals surface area (Å²) in [6, 6.07) is 13.1. The van der Waals surface area contributed by atoms with Crippen molar-refractivity contribution in [1.82, 2.24) is 29.8 Å². The maximum absolute atomic E-state index is 12.6. The van der Waals surface area contributed by atoms with Gasteiger partial charge in [-0.2, -0.15) is 0 Å². The van der Waals surface area contributed by atoms with Crippen LogP contribution in [0.1, 0.15) is 16.2 Å². The minimum atomic E-state index is -0.513. The maximum atomic E-state index is 12.6. The van der Waals surface area contributed by atoms with Crippen LogP contribution in [-0.4, -0.2) is 35.7 Å². The van der Waals surface area contributed by atoms with Gasteiger partial charge in [0.2, 0.25) is 0 Å². The highest BCUT2D eigenvalue weighted by atomic mass is 79.9. The van der Waals surface area contributed by atoms with Gasteiger partial charge in [-0.15, -0.1) is 5.10 Å². The van der Waals surface area contributed by atoms with E-state index in [0.717, 1.165) is 26.9 Å². The number of aromatic amines is 2. The first-order chi connectivity index (χ1) is 14.5. The zero-order valence-corrected chi connectivity index (χ0v) is 17.2. The first kappa shape index (κ1) is 18.3. The van der Waals surface area contributed by atoms with E-state index in [1.807, 2.05) is 30.3 Å². The van der Waals surface area contributed by atoms with E-state index in [4.69, 9.17) is 0 Å². The van der Waals surface area contributed by atoms with Crippen molar-refractivity contribution in [2.45, 2.75) is 6.92 Å². The molecule has 0 unspecified atom stereocenters. The van der Waals surface area contributed by atoms with E-state index in [9.17, 15) is 9.59 Å². The summed E-state index contributed by atoms with van der Waals surface area (Å²) in [6.45, 7) is 1.73. The number of rotatable bonds is 3. The molecule has 0 aliphatic rings. The van der Waals surface area contributed by atoms with Crippen LogP contribution in [0, 0.1) is 6.92 Å². The Balaban J connectivity index is 1.41. The summed E-state index contributed by atoms with van der Waals surface area (Å²) in [4.78, 5) is 35.3. The first-order valence-corrected chi connectivity index (χ1v) is 9.79. The van der Waals surface area contributed by atoms with Gasteiger partial charge >= 0.3 is 0 Å². The van der Waals surface area contributed by atoms with Crippen LogP contribution < -0.4 is 10.9 Å². The van der Waals surface area contributed by atoms with E-state index in [1.165, 1.54) is 4.52 Å². The Morgan fingerprint density at radius 1 is 1.13 bits per heavy atom. The van der Waals surface area contributed by atoms with E-state index in [1.54, 1.807) is 25.3 Å². The number of aryl methyl sites for hydroxylation is 1. The number of carbonyl (C=O) groups excluding carboxylic acids is 1. The minimum absolute atomic E-state index is 0.0387. The monoisotopic (exact) mass is 463 g/mol. The summed E-state index contributed by atoms with van der Waals surface area (Å²) >= 11 is 3.45. The average Bonchev–Trinajstić information content (AvgIpc) is 3.32. The summed E-state index contributed by atoms with van der Waals surface area (Å²) in [7, 11) is 0. The number of imidazole rings is 1. The largest absolute Gasteiger partial charge is 0.338 e. The summed E-state index contributed by atoms with van der Waals surface area (Å²) in [5, 5.41) is 10.5. The molecule has 10 heteroatoms. The molecular weight excluding hydrogens is 450 g/mol. The third-order valence-corrected chi connectivity index (χ3v) is 5.10. The van der Waals surface area contributed by atoms with Gasteiger partial charge in [0.15, 0.2) is 11.2 Å². The molecule has 0 saturated heterocycles.